The maximum atomic E-state index is 12.7. The summed E-state index contributed by atoms with van der Waals surface area (Å²) in [6.45, 7) is 2.02. The van der Waals surface area contributed by atoms with Crippen molar-refractivity contribution in [1.29, 1.82) is 0 Å². The number of benzene rings is 2. The van der Waals surface area contributed by atoms with Gasteiger partial charge in [0.25, 0.3) is 0 Å². The third-order valence-corrected chi connectivity index (χ3v) is 6.25. The van der Waals surface area contributed by atoms with Crippen LogP contribution in [-0.4, -0.2) is 19.3 Å². The second kappa shape index (κ2) is 10.2. The largest absolute Gasteiger partial charge is 0.380 e. The summed E-state index contributed by atoms with van der Waals surface area (Å²) in [7, 11) is -4.08. The number of carbonyl (C=O) groups is 1. The Morgan fingerprint density at radius 1 is 1.23 bits per heavy atom. The van der Waals surface area contributed by atoms with Crippen molar-refractivity contribution in [2.24, 2.45) is 5.14 Å². The molecule has 3 rings (SSSR count). The minimum Gasteiger partial charge on any atom is -0.371 e. The Bertz CT molecular complexity index is 1150. The third-order valence-electron chi connectivity index (χ3n) is 4.45. The molecule has 3 N–H and O–H groups in total. The Morgan fingerprint density at radius 3 is 2.55 bits per heavy atom. The lowest BCUT2D eigenvalue weighted by molar-refractivity contribution is -0.121. The predicted molar refractivity (Wildman–Crippen MR) is 121 cm³/mol. The molecule has 1 aromatic heterocycles. The van der Waals surface area contributed by atoms with E-state index in [0.29, 0.717) is 11.4 Å². The van der Waals surface area contributed by atoms with Crippen molar-refractivity contribution in [3.8, 4) is 5.75 Å². The molecule has 0 bridgehead atoms. The quantitative estimate of drug-likeness (QED) is 0.487. The van der Waals surface area contributed by atoms with Gasteiger partial charge >= 0.3 is 10.3 Å². The molecule has 0 saturated heterocycles. The van der Waals surface area contributed by atoms with Crippen LogP contribution in [0.4, 0.5) is 0 Å². The number of carbonyl (C=O) groups excluding carboxylic acids is 1. The van der Waals surface area contributed by atoms with Crippen LogP contribution in [-0.2, 0) is 34.4 Å². The number of nitrogens with one attached hydrogen (secondary N) is 1. The van der Waals surface area contributed by atoms with E-state index in [1.807, 2.05) is 30.5 Å². The van der Waals surface area contributed by atoms with Crippen LogP contribution in [0.5, 0.6) is 5.75 Å². The second-order valence-electron chi connectivity index (χ2n) is 6.84. The molecular weight excluding hydrogens is 458 g/mol. The van der Waals surface area contributed by atoms with Crippen molar-refractivity contribution in [1.82, 2.24) is 10.3 Å². The Morgan fingerprint density at radius 2 is 1.94 bits per heavy atom. The van der Waals surface area contributed by atoms with Crippen LogP contribution in [0.25, 0.3) is 0 Å². The van der Waals surface area contributed by atoms with Gasteiger partial charge in [-0.25, -0.2) is 4.98 Å². The number of hydrogen-bond donors (Lipinski definition) is 2. The van der Waals surface area contributed by atoms with E-state index >= 15 is 0 Å². The number of amides is 1. The zero-order valence-electron chi connectivity index (χ0n) is 16.7. The summed E-state index contributed by atoms with van der Waals surface area (Å²) in [6.07, 6.45) is 1.43. The van der Waals surface area contributed by atoms with E-state index in [1.165, 1.54) is 23.5 Å². The Labute approximate surface area is 190 Å². The molecule has 164 valence electrons. The van der Waals surface area contributed by atoms with E-state index in [2.05, 4.69) is 14.5 Å². The molecule has 0 aliphatic rings. The van der Waals surface area contributed by atoms with E-state index in [-0.39, 0.29) is 24.1 Å². The molecule has 7 nitrogen and oxygen atoms in total. The van der Waals surface area contributed by atoms with Crippen molar-refractivity contribution >= 4 is 39.1 Å². The molecule has 10 heteroatoms. The van der Waals surface area contributed by atoms with E-state index in [0.717, 1.165) is 28.2 Å². The topological polar surface area (TPSA) is 111 Å². The predicted octanol–water partition coefficient (Wildman–Crippen LogP) is 3.58. The average molecular weight is 480 g/mol. The molecular formula is C21H22ClN3O4S2. The number of rotatable bonds is 9. The molecule has 0 unspecified atom stereocenters. The van der Waals surface area contributed by atoms with Gasteiger partial charge in [-0.3, -0.25) is 4.79 Å². The lowest BCUT2D eigenvalue weighted by Crippen LogP contribution is -2.31. The summed E-state index contributed by atoms with van der Waals surface area (Å²) in [5.74, 6) is -0.0476. The number of nitrogens with zero attached hydrogens (tertiary/aromatic N) is 1. The molecule has 0 fully saturated rings. The Hall–Kier alpha value is -2.46. The highest BCUT2D eigenvalue weighted by Gasteiger charge is 2.20. The molecule has 0 radical (unpaired) electrons. The first kappa shape index (κ1) is 23.2. The van der Waals surface area contributed by atoms with Gasteiger partial charge in [0.15, 0.2) is 0 Å². The van der Waals surface area contributed by atoms with Gasteiger partial charge in [0.05, 0.1) is 18.2 Å². The molecule has 1 atom stereocenters. The van der Waals surface area contributed by atoms with Gasteiger partial charge in [-0.05, 0) is 42.2 Å². The highest BCUT2D eigenvalue weighted by atomic mass is 35.5. The highest BCUT2D eigenvalue weighted by molar-refractivity contribution is 7.84. The molecule has 0 aliphatic heterocycles. The Kier molecular flexibility index (Phi) is 7.66. The van der Waals surface area contributed by atoms with Gasteiger partial charge in [-0.2, -0.15) is 13.6 Å². The van der Waals surface area contributed by atoms with Gasteiger partial charge in [0.1, 0.15) is 10.8 Å². The molecule has 0 saturated carbocycles. The van der Waals surface area contributed by atoms with E-state index < -0.39 is 10.3 Å². The summed E-state index contributed by atoms with van der Waals surface area (Å²) in [5, 5.41) is 11.3. The smallest absolute Gasteiger partial charge is 0.371 e. The maximum absolute atomic E-state index is 12.7. The zero-order chi connectivity index (χ0) is 22.4. The summed E-state index contributed by atoms with van der Waals surface area (Å²) in [6, 6.07) is 13.4. The first-order valence-electron chi connectivity index (χ1n) is 9.51. The number of aromatic nitrogens is 1. The van der Waals surface area contributed by atoms with Crippen LogP contribution in [0.2, 0.25) is 5.02 Å². The number of aryl methyl sites for hydroxylation is 1. The van der Waals surface area contributed by atoms with Gasteiger partial charge in [0.2, 0.25) is 5.91 Å². The van der Waals surface area contributed by atoms with Crippen molar-refractivity contribution in [3.63, 3.8) is 0 Å². The zero-order valence-corrected chi connectivity index (χ0v) is 19.1. The van der Waals surface area contributed by atoms with Crippen molar-refractivity contribution < 1.29 is 17.4 Å². The first-order valence-corrected chi connectivity index (χ1v) is 12.2. The Balaban J connectivity index is 1.76. The lowest BCUT2D eigenvalue weighted by Gasteiger charge is -2.17. The molecule has 31 heavy (non-hydrogen) atoms. The molecule has 0 spiro atoms. The second-order valence-corrected chi connectivity index (χ2v) is 9.29. The van der Waals surface area contributed by atoms with Gasteiger partial charge < -0.3 is 9.50 Å². The van der Waals surface area contributed by atoms with Crippen LogP contribution < -0.4 is 14.6 Å². The van der Waals surface area contributed by atoms with Crippen molar-refractivity contribution in [2.45, 2.75) is 32.2 Å². The monoisotopic (exact) mass is 479 g/mol. The van der Waals surface area contributed by atoms with Crippen LogP contribution in [0, 0.1) is 0 Å². The van der Waals surface area contributed by atoms with Gasteiger partial charge in [-0.1, -0.05) is 48.9 Å². The SMILES string of the molecule is CCc1csc([C@H](Cc2ccc(OS(N)(=O)=O)cc2)NC(=O)Cc2ccccc2Cl)n1. The van der Waals surface area contributed by atoms with E-state index in [4.69, 9.17) is 16.7 Å². The summed E-state index contributed by atoms with van der Waals surface area (Å²) < 4.78 is 26.8. The minimum absolute atomic E-state index is 0.119. The van der Waals surface area contributed by atoms with Crippen molar-refractivity contribution in [3.05, 3.63) is 80.8 Å². The standard InChI is InChI=1S/C21H22ClN3O4S2/c1-2-16-13-30-21(24-16)19(25-20(26)12-15-5-3-4-6-18(15)22)11-14-7-9-17(10-8-14)29-31(23,27)28/h3-10,13,19H,2,11-12H2,1H3,(H,25,26)(H2,23,27,28)/t19-/m0/s1. The fraction of sp³-hybridized carbons (Fsp3) is 0.238. The maximum Gasteiger partial charge on any atom is 0.380 e. The van der Waals surface area contributed by atoms with Gasteiger partial charge in [-0.15, -0.1) is 11.3 Å². The lowest BCUT2D eigenvalue weighted by atomic mass is 10.1. The molecule has 1 heterocycles. The number of nitrogens with two attached hydrogens (primary N) is 1. The fourth-order valence-electron chi connectivity index (χ4n) is 2.96. The summed E-state index contributed by atoms with van der Waals surface area (Å²) in [4.78, 5) is 17.4. The molecule has 3 aromatic rings. The number of thiazole rings is 1. The normalized spacial score (nSPS) is 12.4. The summed E-state index contributed by atoms with van der Waals surface area (Å²) in [5.41, 5.74) is 2.58. The van der Waals surface area contributed by atoms with E-state index in [9.17, 15) is 13.2 Å². The van der Waals surface area contributed by atoms with Crippen LogP contribution in [0.1, 0.15) is 34.8 Å². The third kappa shape index (κ3) is 7.03. The van der Waals surface area contributed by atoms with E-state index in [1.54, 1.807) is 18.2 Å². The fourth-order valence-corrected chi connectivity index (χ4v) is 4.49. The number of halogens is 1. The van der Waals surface area contributed by atoms with Crippen LogP contribution >= 0.6 is 22.9 Å². The molecule has 2 aromatic carbocycles. The van der Waals surface area contributed by atoms with Crippen molar-refractivity contribution in [2.75, 3.05) is 0 Å². The highest BCUT2D eigenvalue weighted by Crippen LogP contribution is 2.25. The molecule has 0 aliphatic carbocycles. The number of hydrogen-bond acceptors (Lipinski definition) is 6. The van der Waals surface area contributed by atoms with Crippen LogP contribution in [0.3, 0.4) is 0 Å². The summed E-state index contributed by atoms with van der Waals surface area (Å²) >= 11 is 7.67. The minimum atomic E-state index is -4.08. The first-order chi connectivity index (χ1) is 14.7. The van der Waals surface area contributed by atoms with Gasteiger partial charge in [0, 0.05) is 10.4 Å². The van der Waals surface area contributed by atoms with Crippen LogP contribution in [0.15, 0.2) is 53.9 Å². The molecule has 1 amide bonds. The average Bonchev–Trinajstić information content (AvgIpc) is 3.19.